The van der Waals surface area contributed by atoms with Crippen LogP contribution in [-0.2, 0) is 0 Å². The van der Waals surface area contributed by atoms with Gasteiger partial charge in [-0.3, -0.25) is 4.79 Å². The van der Waals surface area contributed by atoms with E-state index in [4.69, 9.17) is 46.4 Å². The monoisotopic (exact) mass is 361 g/mol. The summed E-state index contributed by atoms with van der Waals surface area (Å²) in [5, 5.41) is 4.88. The molecule has 2 rings (SSSR count). The van der Waals surface area contributed by atoms with Gasteiger partial charge in [0.2, 0.25) is 0 Å². The lowest BCUT2D eigenvalue weighted by Crippen LogP contribution is -2.17. The van der Waals surface area contributed by atoms with Gasteiger partial charge >= 0.3 is 0 Å². The van der Waals surface area contributed by atoms with Gasteiger partial charge < -0.3 is 0 Å². The Morgan fingerprint density at radius 1 is 1.10 bits per heavy atom. The van der Waals surface area contributed by atoms with Gasteiger partial charge in [0.15, 0.2) is 0 Å². The fourth-order valence-corrected chi connectivity index (χ4v) is 2.41. The molecule has 0 spiro atoms. The van der Waals surface area contributed by atoms with Crippen molar-refractivity contribution in [2.24, 2.45) is 5.10 Å². The number of carbonyl (C=O) groups is 1. The van der Waals surface area contributed by atoms with Gasteiger partial charge in [0.25, 0.3) is 5.91 Å². The molecule has 1 aromatic heterocycles. The number of halogens is 4. The molecule has 0 aliphatic carbocycles. The van der Waals surface area contributed by atoms with E-state index in [9.17, 15) is 4.79 Å². The van der Waals surface area contributed by atoms with Crippen molar-refractivity contribution in [3.05, 3.63) is 61.8 Å². The predicted octanol–water partition coefficient (Wildman–Crippen LogP) is 4.46. The molecule has 0 atom stereocenters. The van der Waals surface area contributed by atoms with Crippen LogP contribution in [0.15, 0.2) is 35.4 Å². The van der Waals surface area contributed by atoms with Crippen LogP contribution >= 0.6 is 46.4 Å². The summed E-state index contributed by atoms with van der Waals surface area (Å²) in [6, 6.07) is 7.79. The van der Waals surface area contributed by atoms with Gasteiger partial charge in [-0.1, -0.05) is 52.5 Å². The van der Waals surface area contributed by atoms with E-state index in [-0.39, 0.29) is 15.9 Å². The Morgan fingerprint density at radius 3 is 2.24 bits per heavy atom. The molecule has 2 aromatic rings. The summed E-state index contributed by atoms with van der Waals surface area (Å²) in [7, 11) is 0. The van der Waals surface area contributed by atoms with Crippen LogP contribution in [0, 0.1) is 0 Å². The lowest BCUT2D eigenvalue weighted by atomic mass is 10.2. The summed E-state index contributed by atoms with van der Waals surface area (Å²) >= 11 is 23.4. The maximum atomic E-state index is 11.9. The number of nitrogens with one attached hydrogen (secondary N) is 1. The Bertz CT molecular complexity index is 678. The summed E-state index contributed by atoms with van der Waals surface area (Å²) in [4.78, 5) is 15.6. The number of pyridine rings is 1. The lowest BCUT2D eigenvalue weighted by molar-refractivity contribution is 0.0955. The Kier molecular flexibility index (Phi) is 5.42. The summed E-state index contributed by atoms with van der Waals surface area (Å²) < 4.78 is 0. The molecule has 0 bridgehead atoms. The molecular weight excluding hydrogens is 356 g/mol. The van der Waals surface area contributed by atoms with Gasteiger partial charge in [-0.2, -0.15) is 5.10 Å². The average molecular weight is 363 g/mol. The average Bonchev–Trinajstić information content (AvgIpc) is 2.40. The first-order valence-corrected chi connectivity index (χ1v) is 7.09. The van der Waals surface area contributed by atoms with E-state index in [1.165, 1.54) is 18.3 Å². The van der Waals surface area contributed by atoms with E-state index in [1.807, 2.05) is 0 Å². The topological polar surface area (TPSA) is 54.4 Å². The van der Waals surface area contributed by atoms with Crippen molar-refractivity contribution in [2.45, 2.75) is 0 Å². The molecule has 0 radical (unpaired) electrons. The number of hydrazone groups is 1. The highest BCUT2D eigenvalue weighted by atomic mass is 35.5. The van der Waals surface area contributed by atoms with Crippen LogP contribution in [0.1, 0.15) is 15.9 Å². The normalized spacial score (nSPS) is 10.9. The van der Waals surface area contributed by atoms with Crippen LogP contribution < -0.4 is 5.43 Å². The van der Waals surface area contributed by atoms with Crippen molar-refractivity contribution in [1.29, 1.82) is 0 Å². The molecule has 1 amide bonds. The van der Waals surface area contributed by atoms with Gasteiger partial charge in [-0.25, -0.2) is 10.4 Å². The van der Waals surface area contributed by atoms with E-state index in [1.54, 1.807) is 18.2 Å². The molecule has 4 nitrogen and oxygen atoms in total. The molecule has 21 heavy (non-hydrogen) atoms. The fraction of sp³-hybridized carbons (Fsp3) is 0. The molecule has 108 valence electrons. The van der Waals surface area contributed by atoms with Gasteiger partial charge in [0.05, 0.1) is 16.3 Å². The fourth-order valence-electron chi connectivity index (χ4n) is 1.45. The largest absolute Gasteiger partial charge is 0.271 e. The summed E-state index contributed by atoms with van der Waals surface area (Å²) in [6.45, 7) is 0. The Morgan fingerprint density at radius 2 is 1.67 bits per heavy atom. The Labute approximate surface area is 140 Å². The first-order chi connectivity index (χ1) is 9.97. The molecule has 1 N–H and O–H groups in total. The van der Waals surface area contributed by atoms with Crippen molar-refractivity contribution in [1.82, 2.24) is 10.4 Å². The first-order valence-electron chi connectivity index (χ1n) is 5.58. The number of amides is 1. The Balaban J connectivity index is 2.12. The number of hydrogen-bond acceptors (Lipinski definition) is 3. The van der Waals surface area contributed by atoms with Crippen LogP contribution in [0.4, 0.5) is 0 Å². The zero-order chi connectivity index (χ0) is 15.4. The maximum Gasteiger partial charge on any atom is 0.271 e. The zero-order valence-corrected chi connectivity index (χ0v) is 13.3. The number of aromatic nitrogens is 1. The molecule has 1 aromatic carbocycles. The highest BCUT2D eigenvalue weighted by Crippen LogP contribution is 2.22. The predicted molar refractivity (Wildman–Crippen MR) is 85.8 cm³/mol. The third-order valence-corrected chi connectivity index (χ3v) is 3.43. The maximum absolute atomic E-state index is 11.9. The van der Waals surface area contributed by atoms with Crippen LogP contribution in [0.3, 0.4) is 0 Å². The molecule has 0 saturated heterocycles. The number of carbonyl (C=O) groups excluding carboxylic acids is 1. The summed E-state index contributed by atoms with van der Waals surface area (Å²) in [5.74, 6) is -0.486. The minimum absolute atomic E-state index is 0.116. The number of hydrogen-bond donors (Lipinski definition) is 1. The van der Waals surface area contributed by atoms with E-state index >= 15 is 0 Å². The smallest absolute Gasteiger partial charge is 0.267 e. The lowest BCUT2D eigenvalue weighted by Gasteiger charge is -2.02. The van der Waals surface area contributed by atoms with Crippen LogP contribution in [0.2, 0.25) is 20.4 Å². The molecule has 1 heterocycles. The zero-order valence-electron chi connectivity index (χ0n) is 10.3. The van der Waals surface area contributed by atoms with Crippen LogP contribution in [-0.4, -0.2) is 17.1 Å². The first kappa shape index (κ1) is 16.0. The van der Waals surface area contributed by atoms with Gasteiger partial charge in [0.1, 0.15) is 10.3 Å². The third-order valence-electron chi connectivity index (χ3n) is 2.38. The van der Waals surface area contributed by atoms with Crippen molar-refractivity contribution in [3.63, 3.8) is 0 Å². The molecule has 0 aliphatic rings. The molecule has 0 fully saturated rings. The molecule has 8 heteroatoms. The third kappa shape index (κ3) is 4.32. The SMILES string of the molecule is O=C(N/N=C/c1c(Cl)cccc1Cl)c1cc(Cl)nc(Cl)c1. The quantitative estimate of drug-likeness (QED) is 0.498. The molecule has 0 aliphatic heterocycles. The standard InChI is InChI=1S/C13H7Cl4N3O/c14-9-2-1-3-10(15)8(9)6-18-20-13(21)7-4-11(16)19-12(17)5-7/h1-6H,(H,20,21)/b18-6+. The molecule has 0 saturated carbocycles. The second-order valence-corrected chi connectivity index (χ2v) is 5.42. The van der Waals surface area contributed by atoms with Crippen molar-refractivity contribution in [3.8, 4) is 0 Å². The summed E-state index contributed by atoms with van der Waals surface area (Å²) in [5.41, 5.74) is 3.07. The second kappa shape index (κ2) is 7.09. The number of benzene rings is 1. The van der Waals surface area contributed by atoms with E-state index in [2.05, 4.69) is 15.5 Å². The Hall–Kier alpha value is -1.33. The molecule has 0 unspecified atom stereocenters. The minimum atomic E-state index is -0.486. The summed E-state index contributed by atoms with van der Waals surface area (Å²) in [6.07, 6.45) is 1.35. The van der Waals surface area contributed by atoms with Gasteiger partial charge in [0, 0.05) is 11.1 Å². The second-order valence-electron chi connectivity index (χ2n) is 3.84. The van der Waals surface area contributed by atoms with Crippen molar-refractivity contribution >= 4 is 58.5 Å². The van der Waals surface area contributed by atoms with Crippen LogP contribution in [0.5, 0.6) is 0 Å². The minimum Gasteiger partial charge on any atom is -0.267 e. The molecular formula is C13H7Cl4N3O. The van der Waals surface area contributed by atoms with Crippen molar-refractivity contribution < 1.29 is 4.79 Å². The number of rotatable bonds is 3. The van der Waals surface area contributed by atoms with Crippen molar-refractivity contribution in [2.75, 3.05) is 0 Å². The van der Waals surface area contributed by atoms with Gasteiger partial charge in [-0.05, 0) is 24.3 Å². The highest BCUT2D eigenvalue weighted by Gasteiger charge is 2.08. The number of nitrogens with zero attached hydrogens (tertiary/aromatic N) is 2. The van der Waals surface area contributed by atoms with E-state index in [0.29, 0.717) is 15.6 Å². The highest BCUT2D eigenvalue weighted by molar-refractivity contribution is 6.38. The van der Waals surface area contributed by atoms with E-state index in [0.717, 1.165) is 0 Å². The van der Waals surface area contributed by atoms with Crippen LogP contribution in [0.25, 0.3) is 0 Å². The van der Waals surface area contributed by atoms with E-state index < -0.39 is 5.91 Å². The van der Waals surface area contributed by atoms with Gasteiger partial charge in [-0.15, -0.1) is 0 Å².